The molecule has 0 aliphatic heterocycles. The molecule has 0 spiro atoms. The van der Waals surface area contributed by atoms with Crippen molar-refractivity contribution in [3.63, 3.8) is 0 Å². The highest BCUT2D eigenvalue weighted by Gasteiger charge is 2.29. The molecule has 2 aromatic rings. The second-order valence-electron chi connectivity index (χ2n) is 4.61. The average Bonchev–Trinajstić information content (AvgIpc) is 3.00. The smallest absolute Gasteiger partial charge is 0.180 e. The highest BCUT2D eigenvalue weighted by Crippen LogP contribution is 2.40. The maximum Gasteiger partial charge on any atom is 0.180 e. The van der Waals surface area contributed by atoms with Gasteiger partial charge in [0.25, 0.3) is 0 Å². The summed E-state index contributed by atoms with van der Waals surface area (Å²) in [6, 6.07) is 4.02. The van der Waals surface area contributed by atoms with Crippen molar-refractivity contribution in [1.29, 1.82) is 0 Å². The van der Waals surface area contributed by atoms with Crippen LogP contribution in [0.25, 0.3) is 5.52 Å². The van der Waals surface area contributed by atoms with E-state index in [0.29, 0.717) is 11.6 Å². The highest BCUT2D eigenvalue weighted by atomic mass is 16.1. The molecule has 1 aliphatic carbocycles. The van der Waals surface area contributed by atoms with Gasteiger partial charge >= 0.3 is 0 Å². The van der Waals surface area contributed by atoms with Gasteiger partial charge in [-0.2, -0.15) is 0 Å². The first-order valence-electron chi connectivity index (χ1n) is 5.66. The van der Waals surface area contributed by atoms with Gasteiger partial charge in [-0.15, -0.1) is 0 Å². The van der Waals surface area contributed by atoms with Gasteiger partial charge in [-0.05, 0) is 31.4 Å². The number of rotatable bonds is 2. The van der Waals surface area contributed by atoms with Crippen LogP contribution in [0.5, 0.6) is 0 Å². The van der Waals surface area contributed by atoms with Crippen molar-refractivity contribution in [1.82, 2.24) is 9.38 Å². The first kappa shape index (κ1) is 9.58. The van der Waals surface area contributed by atoms with E-state index in [1.165, 1.54) is 18.4 Å². The maximum atomic E-state index is 11.5. The van der Waals surface area contributed by atoms with E-state index in [9.17, 15) is 4.79 Å². The molecule has 16 heavy (non-hydrogen) atoms. The van der Waals surface area contributed by atoms with E-state index >= 15 is 0 Å². The van der Waals surface area contributed by atoms with Crippen molar-refractivity contribution in [2.75, 3.05) is 0 Å². The predicted octanol–water partition coefficient (Wildman–Crippen LogP) is 2.72. The van der Waals surface area contributed by atoms with Crippen molar-refractivity contribution >= 4 is 11.3 Å². The summed E-state index contributed by atoms with van der Waals surface area (Å²) < 4.78 is 2.09. The molecule has 0 amide bonds. The fraction of sp³-hybridized carbons (Fsp3) is 0.385. The van der Waals surface area contributed by atoms with Gasteiger partial charge in [0.1, 0.15) is 11.5 Å². The van der Waals surface area contributed by atoms with Crippen LogP contribution in [0.2, 0.25) is 0 Å². The first-order chi connectivity index (χ1) is 7.66. The molecule has 82 valence electrons. The number of ketones is 1. The fourth-order valence-electron chi connectivity index (χ4n) is 2.10. The van der Waals surface area contributed by atoms with Crippen molar-refractivity contribution in [2.45, 2.75) is 32.6 Å². The molecule has 0 unspecified atom stereocenters. The largest absolute Gasteiger partial charge is 0.302 e. The van der Waals surface area contributed by atoms with Gasteiger partial charge in [-0.25, -0.2) is 4.98 Å². The number of nitrogens with zero attached hydrogens (tertiary/aromatic N) is 2. The zero-order valence-electron chi connectivity index (χ0n) is 9.53. The molecule has 2 heterocycles. The zero-order valence-corrected chi connectivity index (χ0v) is 9.53. The Kier molecular flexibility index (Phi) is 1.90. The lowest BCUT2D eigenvalue weighted by molar-refractivity contribution is 0.101. The van der Waals surface area contributed by atoms with Crippen molar-refractivity contribution < 1.29 is 4.79 Å². The Hall–Kier alpha value is -1.64. The molecule has 0 atom stereocenters. The van der Waals surface area contributed by atoms with Gasteiger partial charge in [0, 0.05) is 19.0 Å². The van der Waals surface area contributed by atoms with Crippen molar-refractivity contribution in [3.05, 3.63) is 35.4 Å². The molecule has 3 nitrogen and oxygen atoms in total. The van der Waals surface area contributed by atoms with Crippen LogP contribution in [0.15, 0.2) is 18.3 Å². The van der Waals surface area contributed by atoms with Crippen LogP contribution in [0, 0.1) is 6.92 Å². The standard InChI is InChI=1S/C13H14N2O/c1-8-3-6-11-12(9(2)16)14-13(10-4-5-10)15(11)7-8/h3,6-7,10H,4-5H2,1-2H3. The molecule has 0 aromatic carbocycles. The van der Waals surface area contributed by atoms with E-state index in [0.717, 1.165) is 11.3 Å². The lowest BCUT2D eigenvalue weighted by Crippen LogP contribution is -1.93. The van der Waals surface area contributed by atoms with E-state index in [1.54, 1.807) is 6.92 Å². The van der Waals surface area contributed by atoms with Crippen LogP contribution in [-0.4, -0.2) is 15.2 Å². The number of carbonyl (C=O) groups excluding carboxylic acids is 1. The molecule has 0 N–H and O–H groups in total. The van der Waals surface area contributed by atoms with Crippen molar-refractivity contribution in [2.24, 2.45) is 0 Å². The van der Waals surface area contributed by atoms with Crippen LogP contribution in [0.3, 0.4) is 0 Å². The summed E-state index contributed by atoms with van der Waals surface area (Å²) >= 11 is 0. The summed E-state index contributed by atoms with van der Waals surface area (Å²) in [5, 5.41) is 0. The lowest BCUT2D eigenvalue weighted by Gasteiger charge is -2.00. The second-order valence-corrected chi connectivity index (χ2v) is 4.61. The third-order valence-electron chi connectivity index (χ3n) is 3.09. The summed E-state index contributed by atoms with van der Waals surface area (Å²) in [5.41, 5.74) is 2.75. The van der Waals surface area contributed by atoms with E-state index in [4.69, 9.17) is 0 Å². The molecule has 0 radical (unpaired) electrons. The van der Waals surface area contributed by atoms with Crippen LogP contribution in [-0.2, 0) is 0 Å². The Bertz CT molecular complexity index is 579. The summed E-state index contributed by atoms with van der Waals surface area (Å²) in [6.07, 6.45) is 4.47. The Morgan fingerprint density at radius 2 is 2.19 bits per heavy atom. The fourth-order valence-corrected chi connectivity index (χ4v) is 2.10. The summed E-state index contributed by atoms with van der Waals surface area (Å²) in [4.78, 5) is 16.0. The van der Waals surface area contributed by atoms with Crippen molar-refractivity contribution in [3.8, 4) is 0 Å². The van der Waals surface area contributed by atoms with Crippen LogP contribution in [0.1, 0.15) is 47.6 Å². The molecular weight excluding hydrogens is 200 g/mol. The summed E-state index contributed by atoms with van der Waals surface area (Å²) in [6.45, 7) is 3.64. The van der Waals surface area contributed by atoms with Gasteiger partial charge in [0.05, 0.1) is 5.52 Å². The normalized spacial score (nSPS) is 15.6. The van der Waals surface area contributed by atoms with Gasteiger partial charge in [-0.3, -0.25) is 4.79 Å². The summed E-state index contributed by atoms with van der Waals surface area (Å²) in [7, 11) is 0. The third-order valence-corrected chi connectivity index (χ3v) is 3.09. The topological polar surface area (TPSA) is 34.4 Å². The average molecular weight is 214 g/mol. The monoisotopic (exact) mass is 214 g/mol. The van der Waals surface area contributed by atoms with E-state index < -0.39 is 0 Å². The minimum atomic E-state index is 0.0493. The Morgan fingerprint density at radius 1 is 1.44 bits per heavy atom. The maximum absolute atomic E-state index is 11.5. The first-order valence-corrected chi connectivity index (χ1v) is 5.66. The second kappa shape index (κ2) is 3.17. The number of Topliss-reactive ketones (excluding diaryl/α,β-unsaturated/α-hetero) is 1. The molecule has 1 fully saturated rings. The number of fused-ring (bicyclic) bond motifs is 1. The van der Waals surface area contributed by atoms with Gasteiger partial charge in [0.2, 0.25) is 0 Å². The molecule has 3 heteroatoms. The van der Waals surface area contributed by atoms with Gasteiger partial charge in [0.15, 0.2) is 5.78 Å². The summed E-state index contributed by atoms with van der Waals surface area (Å²) in [5.74, 6) is 1.67. The number of pyridine rings is 1. The van der Waals surface area contributed by atoms with E-state index in [-0.39, 0.29) is 5.78 Å². The van der Waals surface area contributed by atoms with Gasteiger partial charge < -0.3 is 4.40 Å². The molecule has 1 saturated carbocycles. The predicted molar refractivity (Wildman–Crippen MR) is 61.9 cm³/mol. The number of imidazole rings is 1. The van der Waals surface area contributed by atoms with E-state index in [2.05, 4.69) is 22.5 Å². The van der Waals surface area contributed by atoms with Crippen LogP contribution >= 0.6 is 0 Å². The van der Waals surface area contributed by atoms with Crippen LogP contribution < -0.4 is 0 Å². The molecule has 0 bridgehead atoms. The minimum absolute atomic E-state index is 0.0493. The number of hydrogen-bond acceptors (Lipinski definition) is 2. The number of hydrogen-bond donors (Lipinski definition) is 0. The zero-order chi connectivity index (χ0) is 11.3. The van der Waals surface area contributed by atoms with Gasteiger partial charge in [-0.1, -0.05) is 6.07 Å². The highest BCUT2D eigenvalue weighted by molar-refractivity contribution is 5.99. The van der Waals surface area contributed by atoms with Crippen LogP contribution in [0.4, 0.5) is 0 Å². The SMILES string of the molecule is CC(=O)c1nc(C2CC2)n2cc(C)ccc12. The molecule has 0 saturated heterocycles. The Labute approximate surface area is 94.1 Å². The molecule has 3 rings (SSSR count). The minimum Gasteiger partial charge on any atom is -0.302 e. The molecule has 1 aliphatic rings. The Morgan fingerprint density at radius 3 is 2.81 bits per heavy atom. The quantitative estimate of drug-likeness (QED) is 0.720. The number of aryl methyl sites for hydroxylation is 1. The number of aromatic nitrogens is 2. The third kappa shape index (κ3) is 1.35. The number of carbonyl (C=O) groups is 1. The molecular formula is C13H14N2O. The van der Waals surface area contributed by atoms with E-state index in [1.807, 2.05) is 12.1 Å². The molecule has 2 aromatic heterocycles. The lowest BCUT2D eigenvalue weighted by atomic mass is 10.2. The Balaban J connectivity index is 2.32.